The van der Waals surface area contributed by atoms with Crippen LogP contribution in [0.1, 0.15) is 42.4 Å². The van der Waals surface area contributed by atoms with Gasteiger partial charge in [-0.05, 0) is 57.5 Å². The van der Waals surface area contributed by atoms with E-state index in [4.69, 9.17) is 0 Å². The second-order valence-corrected chi connectivity index (χ2v) is 7.91. The predicted octanol–water partition coefficient (Wildman–Crippen LogP) is 4.58. The Labute approximate surface area is 146 Å². The quantitative estimate of drug-likeness (QED) is 0.799. The summed E-state index contributed by atoms with van der Waals surface area (Å²) in [5.41, 5.74) is 6.01. The van der Waals surface area contributed by atoms with Gasteiger partial charge < -0.3 is 9.80 Å². The number of likely N-dealkylation sites (tertiary alicyclic amines) is 1. The van der Waals surface area contributed by atoms with Gasteiger partial charge in [0.05, 0.1) is 0 Å². The highest BCUT2D eigenvalue weighted by Crippen LogP contribution is 2.51. The Morgan fingerprint density at radius 1 is 1.12 bits per heavy atom. The van der Waals surface area contributed by atoms with E-state index in [1.54, 1.807) is 5.56 Å². The lowest BCUT2D eigenvalue weighted by atomic mass is 9.80. The molecule has 0 aromatic heterocycles. The Balaban J connectivity index is 1.79. The van der Waals surface area contributed by atoms with Crippen molar-refractivity contribution in [2.45, 2.75) is 44.7 Å². The molecule has 1 saturated heterocycles. The molecule has 0 N–H and O–H groups in total. The van der Waals surface area contributed by atoms with Crippen molar-refractivity contribution >= 4 is 5.69 Å². The molecule has 0 bridgehead atoms. The molecule has 0 amide bonds. The van der Waals surface area contributed by atoms with Gasteiger partial charge in [0.25, 0.3) is 0 Å². The summed E-state index contributed by atoms with van der Waals surface area (Å²) in [5.74, 6) is 0.601. The van der Waals surface area contributed by atoms with Gasteiger partial charge in [0.2, 0.25) is 0 Å². The largest absolute Gasteiger partial charge is 0.361 e. The van der Waals surface area contributed by atoms with Crippen molar-refractivity contribution in [1.82, 2.24) is 4.90 Å². The van der Waals surface area contributed by atoms with Crippen LogP contribution in [0.5, 0.6) is 0 Å². The summed E-state index contributed by atoms with van der Waals surface area (Å²) in [4.78, 5) is 5.22. The molecule has 2 aliphatic rings. The van der Waals surface area contributed by atoms with Gasteiger partial charge in [0, 0.05) is 30.2 Å². The minimum absolute atomic E-state index is 0.219. The van der Waals surface area contributed by atoms with E-state index in [0.29, 0.717) is 5.92 Å². The fraction of sp³-hybridized carbons (Fsp3) is 0.455. The Morgan fingerprint density at radius 2 is 1.92 bits per heavy atom. The number of hydrogen-bond donors (Lipinski definition) is 0. The Bertz CT molecular complexity index is 724. The standard InChI is InChI=1S/C22H28N2/c1-17-10-11-21-19(14-17)20-16-23(3)13-7-12-22(20,2)24(21)15-18-8-5-4-6-9-18/h4-6,8-11,14,20H,7,12-13,15-16H2,1-3H3/t20-,22+/m1/s1. The molecule has 0 aliphatic carbocycles. The first-order valence-electron chi connectivity index (χ1n) is 9.18. The van der Waals surface area contributed by atoms with E-state index < -0.39 is 0 Å². The maximum Gasteiger partial charge on any atom is 0.0459 e. The van der Waals surface area contributed by atoms with E-state index in [1.165, 1.54) is 36.2 Å². The predicted molar refractivity (Wildman–Crippen MR) is 102 cm³/mol. The van der Waals surface area contributed by atoms with Crippen molar-refractivity contribution in [3.8, 4) is 0 Å². The van der Waals surface area contributed by atoms with Gasteiger partial charge in [-0.2, -0.15) is 0 Å². The van der Waals surface area contributed by atoms with Crippen molar-refractivity contribution in [1.29, 1.82) is 0 Å². The molecule has 2 nitrogen and oxygen atoms in total. The molecule has 1 fully saturated rings. The number of anilines is 1. The monoisotopic (exact) mass is 320 g/mol. The Morgan fingerprint density at radius 3 is 2.71 bits per heavy atom. The van der Waals surface area contributed by atoms with Crippen LogP contribution in [0.4, 0.5) is 5.69 Å². The summed E-state index contributed by atoms with van der Waals surface area (Å²) < 4.78 is 0. The maximum atomic E-state index is 2.70. The molecule has 126 valence electrons. The van der Waals surface area contributed by atoms with E-state index in [0.717, 1.165) is 13.1 Å². The molecule has 2 atom stereocenters. The topological polar surface area (TPSA) is 6.48 Å². The molecule has 2 aromatic rings. The highest BCUT2D eigenvalue weighted by atomic mass is 15.3. The summed E-state index contributed by atoms with van der Waals surface area (Å²) in [6, 6.07) is 18.0. The summed E-state index contributed by atoms with van der Waals surface area (Å²) >= 11 is 0. The SMILES string of the molecule is Cc1ccc2c(c1)[C@H]1CN(C)CCC[C@]1(C)N2Cc1ccccc1. The van der Waals surface area contributed by atoms with Gasteiger partial charge in [0.15, 0.2) is 0 Å². The van der Waals surface area contributed by atoms with Crippen LogP contribution < -0.4 is 4.90 Å². The molecule has 2 heteroatoms. The molecule has 0 unspecified atom stereocenters. The third kappa shape index (κ3) is 2.53. The lowest BCUT2D eigenvalue weighted by Gasteiger charge is -2.41. The number of benzene rings is 2. The smallest absolute Gasteiger partial charge is 0.0459 e. The molecule has 2 heterocycles. The van der Waals surface area contributed by atoms with Crippen molar-refractivity contribution in [2.24, 2.45) is 0 Å². The van der Waals surface area contributed by atoms with Crippen LogP contribution in [0.15, 0.2) is 48.5 Å². The Kier molecular flexibility index (Phi) is 3.88. The fourth-order valence-electron chi connectivity index (χ4n) is 4.74. The lowest BCUT2D eigenvalue weighted by Crippen LogP contribution is -2.47. The first kappa shape index (κ1) is 15.7. The number of fused-ring (bicyclic) bond motifs is 3. The van der Waals surface area contributed by atoms with Crippen LogP contribution in [-0.2, 0) is 6.54 Å². The van der Waals surface area contributed by atoms with Crippen LogP contribution in [0.25, 0.3) is 0 Å². The zero-order chi connectivity index (χ0) is 16.7. The average Bonchev–Trinajstić information content (AvgIpc) is 2.69. The molecular weight excluding hydrogens is 292 g/mol. The third-order valence-corrected chi connectivity index (χ3v) is 6.12. The van der Waals surface area contributed by atoms with Crippen molar-refractivity contribution < 1.29 is 0 Å². The first-order valence-corrected chi connectivity index (χ1v) is 9.18. The van der Waals surface area contributed by atoms with Gasteiger partial charge in [0.1, 0.15) is 0 Å². The molecular formula is C22H28N2. The molecule has 0 spiro atoms. The average molecular weight is 320 g/mol. The number of likely N-dealkylation sites (N-methyl/N-ethyl adjacent to an activating group) is 1. The number of hydrogen-bond acceptors (Lipinski definition) is 2. The molecule has 0 saturated carbocycles. The second kappa shape index (κ2) is 5.93. The van der Waals surface area contributed by atoms with Crippen molar-refractivity contribution in [3.63, 3.8) is 0 Å². The third-order valence-electron chi connectivity index (χ3n) is 6.12. The zero-order valence-corrected chi connectivity index (χ0v) is 15.1. The molecule has 2 aromatic carbocycles. The van der Waals surface area contributed by atoms with E-state index in [-0.39, 0.29) is 5.54 Å². The van der Waals surface area contributed by atoms with Crippen LogP contribution in [0, 0.1) is 6.92 Å². The fourth-order valence-corrected chi connectivity index (χ4v) is 4.74. The van der Waals surface area contributed by atoms with E-state index in [1.807, 2.05) is 0 Å². The highest BCUT2D eigenvalue weighted by molar-refractivity contribution is 5.65. The first-order chi connectivity index (χ1) is 11.6. The van der Waals surface area contributed by atoms with Gasteiger partial charge in [-0.3, -0.25) is 0 Å². The number of rotatable bonds is 2. The molecule has 24 heavy (non-hydrogen) atoms. The second-order valence-electron chi connectivity index (χ2n) is 7.91. The highest BCUT2D eigenvalue weighted by Gasteiger charge is 2.48. The van der Waals surface area contributed by atoms with Crippen molar-refractivity contribution in [2.75, 3.05) is 25.0 Å². The van der Waals surface area contributed by atoms with E-state index in [9.17, 15) is 0 Å². The van der Waals surface area contributed by atoms with E-state index >= 15 is 0 Å². The minimum atomic E-state index is 0.219. The summed E-state index contributed by atoms with van der Waals surface area (Å²) in [7, 11) is 2.28. The van der Waals surface area contributed by atoms with Crippen LogP contribution in [0.2, 0.25) is 0 Å². The Hall–Kier alpha value is -1.80. The van der Waals surface area contributed by atoms with Crippen molar-refractivity contribution in [3.05, 3.63) is 65.2 Å². The van der Waals surface area contributed by atoms with Crippen LogP contribution >= 0.6 is 0 Å². The van der Waals surface area contributed by atoms with E-state index in [2.05, 4.69) is 79.2 Å². The van der Waals surface area contributed by atoms with Gasteiger partial charge >= 0.3 is 0 Å². The lowest BCUT2D eigenvalue weighted by molar-refractivity contribution is 0.301. The number of nitrogens with zero attached hydrogens (tertiary/aromatic N) is 2. The maximum absolute atomic E-state index is 2.70. The summed E-state index contributed by atoms with van der Waals surface area (Å²) in [6.45, 7) is 8.10. The van der Waals surface area contributed by atoms with Gasteiger partial charge in [-0.1, -0.05) is 48.0 Å². The summed E-state index contributed by atoms with van der Waals surface area (Å²) in [5, 5.41) is 0. The normalized spacial score (nSPS) is 26.8. The van der Waals surface area contributed by atoms with Crippen LogP contribution in [-0.4, -0.2) is 30.6 Å². The molecule has 0 radical (unpaired) electrons. The van der Waals surface area contributed by atoms with Gasteiger partial charge in [-0.25, -0.2) is 0 Å². The zero-order valence-electron chi connectivity index (χ0n) is 15.1. The molecule has 4 rings (SSSR count). The molecule has 2 aliphatic heterocycles. The van der Waals surface area contributed by atoms with Gasteiger partial charge in [-0.15, -0.1) is 0 Å². The summed E-state index contributed by atoms with van der Waals surface area (Å²) in [6.07, 6.45) is 2.55. The van der Waals surface area contributed by atoms with Crippen LogP contribution in [0.3, 0.4) is 0 Å². The number of aryl methyl sites for hydroxylation is 1. The minimum Gasteiger partial charge on any atom is -0.361 e.